The third-order valence-electron chi connectivity index (χ3n) is 2.97. The molecule has 3 N–H and O–H groups in total. The zero-order valence-corrected chi connectivity index (χ0v) is 9.27. The average molecular weight is 206 g/mol. The lowest BCUT2D eigenvalue weighted by Gasteiger charge is -2.27. The summed E-state index contributed by atoms with van der Waals surface area (Å²) >= 11 is 0. The van der Waals surface area contributed by atoms with Crippen LogP contribution in [0.2, 0.25) is 0 Å². The lowest BCUT2D eigenvalue weighted by Crippen LogP contribution is -2.31. The van der Waals surface area contributed by atoms with Crippen LogP contribution in [0.15, 0.2) is 18.3 Å². The van der Waals surface area contributed by atoms with Gasteiger partial charge in [-0.1, -0.05) is 13.0 Å². The minimum Gasteiger partial charge on any atom is -0.383 e. The van der Waals surface area contributed by atoms with Crippen molar-refractivity contribution in [2.75, 3.05) is 18.8 Å². The van der Waals surface area contributed by atoms with Gasteiger partial charge in [0.25, 0.3) is 0 Å². The van der Waals surface area contributed by atoms with Crippen molar-refractivity contribution in [3.63, 3.8) is 0 Å². The van der Waals surface area contributed by atoms with Crippen LogP contribution in [0.1, 0.15) is 25.5 Å². The molecule has 0 spiro atoms. The zero-order valence-electron chi connectivity index (χ0n) is 9.27. The van der Waals surface area contributed by atoms with E-state index < -0.39 is 0 Å². The number of pyridine rings is 1. The van der Waals surface area contributed by atoms with Crippen molar-refractivity contribution in [1.82, 2.24) is 15.2 Å². The van der Waals surface area contributed by atoms with Crippen LogP contribution in [-0.2, 0) is 0 Å². The van der Waals surface area contributed by atoms with Gasteiger partial charge in [-0.25, -0.2) is 4.98 Å². The molecule has 2 unspecified atom stereocenters. The Morgan fingerprint density at radius 2 is 2.47 bits per heavy atom. The van der Waals surface area contributed by atoms with Crippen molar-refractivity contribution >= 4 is 5.82 Å². The van der Waals surface area contributed by atoms with Gasteiger partial charge in [-0.15, -0.1) is 0 Å². The summed E-state index contributed by atoms with van der Waals surface area (Å²) in [5.41, 5.74) is 6.99. The highest BCUT2D eigenvalue weighted by Crippen LogP contribution is 2.26. The van der Waals surface area contributed by atoms with Gasteiger partial charge in [0, 0.05) is 24.3 Å². The zero-order chi connectivity index (χ0) is 10.8. The number of rotatable bonds is 4. The fourth-order valence-corrected chi connectivity index (χ4v) is 2.01. The van der Waals surface area contributed by atoms with Crippen LogP contribution in [0.25, 0.3) is 0 Å². The van der Waals surface area contributed by atoms with Gasteiger partial charge in [0.15, 0.2) is 0 Å². The normalized spacial score (nSPS) is 21.7. The summed E-state index contributed by atoms with van der Waals surface area (Å²) in [5, 5.41) is 3.32. The van der Waals surface area contributed by atoms with Crippen molar-refractivity contribution < 1.29 is 0 Å². The lowest BCUT2D eigenvalue weighted by atomic mass is 10.1. The van der Waals surface area contributed by atoms with Crippen LogP contribution >= 0.6 is 0 Å². The van der Waals surface area contributed by atoms with Crippen molar-refractivity contribution in [2.45, 2.75) is 26.1 Å². The van der Waals surface area contributed by atoms with E-state index in [9.17, 15) is 0 Å². The van der Waals surface area contributed by atoms with Crippen molar-refractivity contribution in [3.8, 4) is 0 Å². The summed E-state index contributed by atoms with van der Waals surface area (Å²) < 4.78 is 0. The number of nitrogens with two attached hydrogens (primary N) is 1. The molecule has 4 nitrogen and oxygen atoms in total. The highest BCUT2D eigenvalue weighted by molar-refractivity contribution is 5.40. The predicted octanol–water partition coefficient (Wildman–Crippen LogP) is 0.976. The van der Waals surface area contributed by atoms with E-state index in [0.717, 1.165) is 18.7 Å². The molecule has 4 heteroatoms. The average Bonchev–Trinajstić information content (AvgIpc) is 3.03. The van der Waals surface area contributed by atoms with Gasteiger partial charge in [0.1, 0.15) is 5.82 Å². The molecular formula is C11H18N4. The molecule has 1 fully saturated rings. The summed E-state index contributed by atoms with van der Waals surface area (Å²) in [5.74, 6) is 0.643. The third-order valence-corrected chi connectivity index (χ3v) is 2.97. The number of nitrogens with zero attached hydrogens (tertiary/aromatic N) is 2. The molecule has 2 rings (SSSR count). The summed E-state index contributed by atoms with van der Waals surface area (Å²) in [6.45, 7) is 6.45. The Morgan fingerprint density at radius 3 is 3.00 bits per heavy atom. The van der Waals surface area contributed by atoms with Crippen LogP contribution in [-0.4, -0.2) is 29.1 Å². The molecule has 82 valence electrons. The summed E-state index contributed by atoms with van der Waals surface area (Å²) in [6, 6.07) is 4.32. The monoisotopic (exact) mass is 206 g/mol. The summed E-state index contributed by atoms with van der Waals surface area (Å²) in [4.78, 5) is 6.52. The molecule has 0 aromatic carbocycles. The Hall–Kier alpha value is -1.13. The Bertz CT molecular complexity index is 335. The van der Waals surface area contributed by atoms with Gasteiger partial charge >= 0.3 is 0 Å². The molecule has 1 aliphatic rings. The SMILES string of the molecule is CCN(C1CN1)C(C)c1cccnc1N. The molecule has 0 bridgehead atoms. The standard InChI is InChI=1S/C11H18N4/c1-3-15(10-7-14-10)8(2)9-5-4-6-13-11(9)12/h4-6,8,10,14H,3,7H2,1-2H3,(H2,12,13). The predicted molar refractivity (Wildman–Crippen MR) is 61.2 cm³/mol. The Balaban J connectivity index is 2.18. The van der Waals surface area contributed by atoms with Gasteiger partial charge in [-0.2, -0.15) is 0 Å². The van der Waals surface area contributed by atoms with Gasteiger partial charge in [0.2, 0.25) is 0 Å². The number of hydrogen-bond donors (Lipinski definition) is 2. The van der Waals surface area contributed by atoms with Crippen molar-refractivity contribution in [3.05, 3.63) is 23.9 Å². The van der Waals surface area contributed by atoms with E-state index in [4.69, 9.17) is 5.73 Å². The van der Waals surface area contributed by atoms with Crippen molar-refractivity contribution in [2.24, 2.45) is 0 Å². The van der Waals surface area contributed by atoms with Gasteiger partial charge in [-0.3, -0.25) is 10.2 Å². The maximum Gasteiger partial charge on any atom is 0.128 e. The first-order chi connectivity index (χ1) is 7.24. The maximum atomic E-state index is 5.88. The number of likely N-dealkylation sites (N-methyl/N-ethyl adjacent to an activating group) is 1. The first kappa shape index (κ1) is 10.4. The molecule has 15 heavy (non-hydrogen) atoms. The second-order valence-corrected chi connectivity index (χ2v) is 3.91. The number of nitrogen functional groups attached to an aromatic ring is 1. The second kappa shape index (κ2) is 4.16. The Morgan fingerprint density at radius 1 is 1.73 bits per heavy atom. The van der Waals surface area contributed by atoms with Gasteiger partial charge < -0.3 is 5.73 Å². The summed E-state index contributed by atoms with van der Waals surface area (Å²) in [6.07, 6.45) is 2.25. The molecule has 0 saturated carbocycles. The van der Waals surface area contributed by atoms with E-state index in [0.29, 0.717) is 18.0 Å². The molecule has 1 aromatic rings. The number of nitrogens with one attached hydrogen (secondary N) is 1. The van der Waals surface area contributed by atoms with E-state index in [1.54, 1.807) is 6.20 Å². The molecule has 1 aromatic heterocycles. The fraction of sp³-hybridized carbons (Fsp3) is 0.545. The van der Waals surface area contributed by atoms with E-state index in [-0.39, 0.29) is 0 Å². The largest absolute Gasteiger partial charge is 0.383 e. The van der Waals surface area contributed by atoms with Gasteiger partial charge in [-0.05, 0) is 19.5 Å². The molecule has 1 saturated heterocycles. The molecule has 0 aliphatic carbocycles. The van der Waals surface area contributed by atoms with Crippen LogP contribution < -0.4 is 11.1 Å². The van der Waals surface area contributed by atoms with Crippen molar-refractivity contribution in [1.29, 1.82) is 0 Å². The third kappa shape index (κ3) is 2.11. The summed E-state index contributed by atoms with van der Waals surface area (Å²) in [7, 11) is 0. The van der Waals surface area contributed by atoms with E-state index in [1.165, 1.54) is 0 Å². The Kier molecular flexibility index (Phi) is 2.88. The van der Waals surface area contributed by atoms with E-state index >= 15 is 0 Å². The molecular weight excluding hydrogens is 188 g/mol. The maximum absolute atomic E-state index is 5.88. The number of anilines is 1. The van der Waals surface area contributed by atoms with Crippen LogP contribution in [0, 0.1) is 0 Å². The fourth-order valence-electron chi connectivity index (χ4n) is 2.01. The van der Waals surface area contributed by atoms with Gasteiger partial charge in [0.05, 0.1) is 6.17 Å². The highest BCUT2D eigenvalue weighted by atomic mass is 15.4. The minimum absolute atomic E-state index is 0.323. The van der Waals surface area contributed by atoms with E-state index in [2.05, 4.69) is 35.1 Å². The van der Waals surface area contributed by atoms with Crippen LogP contribution in [0.4, 0.5) is 5.82 Å². The first-order valence-electron chi connectivity index (χ1n) is 5.43. The minimum atomic E-state index is 0.323. The lowest BCUT2D eigenvalue weighted by molar-refractivity contribution is 0.209. The molecule has 0 amide bonds. The van der Waals surface area contributed by atoms with Crippen LogP contribution in [0.3, 0.4) is 0 Å². The molecule has 2 heterocycles. The molecule has 2 atom stereocenters. The molecule has 0 radical (unpaired) electrons. The first-order valence-corrected chi connectivity index (χ1v) is 5.43. The number of hydrogen-bond acceptors (Lipinski definition) is 4. The topological polar surface area (TPSA) is 64.1 Å². The number of aromatic nitrogens is 1. The quantitative estimate of drug-likeness (QED) is 0.721. The highest BCUT2D eigenvalue weighted by Gasteiger charge is 2.31. The van der Waals surface area contributed by atoms with E-state index in [1.807, 2.05) is 6.07 Å². The smallest absolute Gasteiger partial charge is 0.128 e. The Labute approximate surface area is 90.5 Å². The molecule has 1 aliphatic heterocycles. The second-order valence-electron chi connectivity index (χ2n) is 3.91. The van der Waals surface area contributed by atoms with Crippen LogP contribution in [0.5, 0.6) is 0 Å².